The smallest absolute Gasteiger partial charge is 0.313 e. The normalized spacial score (nSPS) is 15.9. The van der Waals surface area contributed by atoms with E-state index in [1.165, 1.54) is 35.2 Å². The number of carbonyl (C=O) groups excluding carboxylic acids is 2. The van der Waals surface area contributed by atoms with Crippen molar-refractivity contribution in [3.63, 3.8) is 0 Å². The van der Waals surface area contributed by atoms with Gasteiger partial charge >= 0.3 is 11.8 Å². The van der Waals surface area contributed by atoms with Gasteiger partial charge in [-0.25, -0.2) is 4.39 Å². The molecule has 4 aromatic carbocycles. The third-order valence-electron chi connectivity index (χ3n) is 7.88. The summed E-state index contributed by atoms with van der Waals surface area (Å²) in [6.07, 6.45) is 0.185. The van der Waals surface area contributed by atoms with Crippen molar-refractivity contribution in [2.45, 2.75) is 32.5 Å². The van der Waals surface area contributed by atoms with Gasteiger partial charge in [-0.3, -0.25) is 18.0 Å². The molecule has 286 valence electrons. The predicted octanol–water partition coefficient (Wildman–Crippen LogP) is 5.54. The van der Waals surface area contributed by atoms with E-state index in [2.05, 4.69) is 5.32 Å². The monoisotopic (exact) mass is 782 g/mol. The van der Waals surface area contributed by atoms with E-state index in [1.807, 2.05) is 0 Å². The van der Waals surface area contributed by atoms with E-state index in [0.29, 0.717) is 34.2 Å². The molecule has 16 heteroatoms. The van der Waals surface area contributed by atoms with Crippen molar-refractivity contribution >= 4 is 43.8 Å². The molecule has 0 aromatic heterocycles. The molecule has 0 unspecified atom stereocenters. The van der Waals surface area contributed by atoms with Crippen molar-refractivity contribution in [1.29, 1.82) is 0 Å². The molecule has 0 bridgehead atoms. The van der Waals surface area contributed by atoms with Gasteiger partial charge in [0.15, 0.2) is 12.2 Å². The van der Waals surface area contributed by atoms with Crippen molar-refractivity contribution in [1.82, 2.24) is 4.90 Å². The van der Waals surface area contributed by atoms with Gasteiger partial charge in [0.05, 0.1) is 37.5 Å². The number of hydrogen-bond acceptors (Lipinski definition) is 11. The first-order valence-corrected chi connectivity index (χ1v) is 20.0. The zero-order valence-corrected chi connectivity index (χ0v) is 31.1. The molecule has 1 saturated heterocycles. The van der Waals surface area contributed by atoms with Crippen LogP contribution in [0.3, 0.4) is 0 Å². The fourth-order valence-electron chi connectivity index (χ4n) is 5.30. The molecule has 0 aliphatic carbocycles. The maximum absolute atomic E-state index is 13.4. The number of rotatable bonds is 16. The highest BCUT2D eigenvalue weighted by molar-refractivity contribution is 7.89. The van der Waals surface area contributed by atoms with Crippen LogP contribution < -0.4 is 19.5 Å². The number of likely N-dealkylation sites (tertiary alicyclic amines) is 1. The summed E-state index contributed by atoms with van der Waals surface area (Å²) < 4.78 is 88.5. The molecule has 1 N–H and O–H groups in total. The number of halogens is 1. The lowest BCUT2D eigenvalue weighted by atomic mass is 10.1. The van der Waals surface area contributed by atoms with Crippen molar-refractivity contribution < 1.29 is 53.4 Å². The molecule has 1 heterocycles. The van der Waals surface area contributed by atoms with E-state index in [1.54, 1.807) is 86.6 Å². The number of hydrogen-bond donors (Lipinski definition) is 1. The van der Waals surface area contributed by atoms with Crippen LogP contribution in [0.5, 0.6) is 23.0 Å². The van der Waals surface area contributed by atoms with Gasteiger partial charge in [0, 0.05) is 5.69 Å². The molecule has 4 aromatic rings. The fraction of sp³-hybridized carbons (Fsp3) is 0.263. The number of nitrogens with one attached hydrogen (secondary N) is 1. The zero-order valence-electron chi connectivity index (χ0n) is 29.4. The number of benzene rings is 4. The molecule has 13 nitrogen and oxygen atoms in total. The van der Waals surface area contributed by atoms with E-state index in [9.17, 15) is 30.8 Å². The van der Waals surface area contributed by atoms with Gasteiger partial charge in [0.2, 0.25) is 0 Å². The summed E-state index contributed by atoms with van der Waals surface area (Å²) in [6, 6.07) is 25.2. The van der Waals surface area contributed by atoms with Crippen molar-refractivity contribution in [2.75, 3.05) is 37.4 Å². The van der Waals surface area contributed by atoms with E-state index >= 15 is 0 Å². The number of ether oxygens (including phenoxy) is 3. The summed E-state index contributed by atoms with van der Waals surface area (Å²) in [5.74, 6) is -0.563. The Morgan fingerprint density at radius 1 is 0.741 bits per heavy atom. The Kier molecular flexibility index (Phi) is 13.4. The van der Waals surface area contributed by atoms with Crippen LogP contribution in [0.4, 0.5) is 10.1 Å². The van der Waals surface area contributed by atoms with Crippen LogP contribution in [-0.4, -0.2) is 77.8 Å². The van der Waals surface area contributed by atoms with Gasteiger partial charge in [-0.2, -0.15) is 16.8 Å². The minimum Gasteiger partial charge on any atom is -0.485 e. The molecule has 0 saturated carbocycles. The Morgan fingerprint density at radius 3 is 1.81 bits per heavy atom. The van der Waals surface area contributed by atoms with Crippen LogP contribution in [0, 0.1) is 5.82 Å². The second-order valence-corrected chi connectivity index (χ2v) is 15.1. The standard InChI is InChI=1S/C38H39FN2O11S2/c1-3-48-53(44,45)23-21-27-5-13-33(14-6-27)51-35-25-41(26-36(35)52-34-15-7-28(8-16-34)22-24-54(46,47)49-4-2)38(43)37(42)40-30-11-19-32(20-12-30)50-31-17-9-29(39)10-18-31/h5-21,23,35-36H,3-4,22,24-26H2,1-2H3,(H,40,42)/b23-21+/t35-,36-/m1/s1. The second-order valence-electron chi connectivity index (χ2n) is 11.9. The maximum atomic E-state index is 13.4. The quantitative estimate of drug-likeness (QED) is 0.112. The SMILES string of the molecule is CCOS(=O)(=O)/C=C/c1ccc(O[C@@H]2CN(C(=O)C(=O)Nc3ccc(Oc4ccc(F)cc4)cc3)C[C@H]2Oc2ccc(CCS(=O)(=O)OCC)cc2)cc1. The van der Waals surface area contributed by atoms with Crippen LogP contribution in [0.2, 0.25) is 0 Å². The number of aryl methyl sites for hydroxylation is 1. The molecular weight excluding hydrogens is 744 g/mol. The lowest BCUT2D eigenvalue weighted by Crippen LogP contribution is -2.39. The highest BCUT2D eigenvalue weighted by Gasteiger charge is 2.40. The zero-order chi connectivity index (χ0) is 38.7. The van der Waals surface area contributed by atoms with Crippen molar-refractivity contribution in [3.05, 3.63) is 119 Å². The average molecular weight is 783 g/mol. The topological polar surface area (TPSA) is 164 Å². The highest BCUT2D eigenvalue weighted by Crippen LogP contribution is 2.26. The van der Waals surface area contributed by atoms with Gasteiger partial charge in [0.1, 0.15) is 28.8 Å². The Balaban J connectivity index is 1.26. The van der Waals surface area contributed by atoms with Crippen molar-refractivity contribution in [3.8, 4) is 23.0 Å². The van der Waals surface area contributed by atoms with Crippen LogP contribution in [0.1, 0.15) is 25.0 Å². The van der Waals surface area contributed by atoms with Crippen LogP contribution >= 0.6 is 0 Å². The Hall–Kier alpha value is -5.29. The highest BCUT2D eigenvalue weighted by atomic mass is 32.2. The largest absolute Gasteiger partial charge is 0.485 e. The molecule has 1 aliphatic rings. The van der Waals surface area contributed by atoms with Gasteiger partial charge in [-0.05, 0) is 110 Å². The Bertz CT molecular complexity index is 2130. The van der Waals surface area contributed by atoms with Gasteiger partial charge in [-0.1, -0.05) is 24.3 Å². The number of amides is 2. The van der Waals surface area contributed by atoms with Gasteiger partial charge in [-0.15, -0.1) is 0 Å². The van der Waals surface area contributed by atoms with E-state index in [0.717, 1.165) is 11.0 Å². The Labute approximate surface area is 313 Å². The summed E-state index contributed by atoms with van der Waals surface area (Å²) in [7, 11) is -7.45. The molecule has 1 aliphatic heterocycles. The van der Waals surface area contributed by atoms with E-state index in [4.69, 9.17) is 22.6 Å². The molecule has 5 rings (SSSR count). The minimum atomic E-state index is -3.81. The Morgan fingerprint density at radius 2 is 1.26 bits per heavy atom. The summed E-state index contributed by atoms with van der Waals surface area (Å²) in [4.78, 5) is 27.8. The van der Waals surface area contributed by atoms with Crippen LogP contribution in [-0.2, 0) is 44.6 Å². The molecule has 54 heavy (non-hydrogen) atoms. The third-order valence-corrected chi connectivity index (χ3v) is 10.2. The summed E-state index contributed by atoms with van der Waals surface area (Å²) >= 11 is 0. The first-order chi connectivity index (χ1) is 25.8. The molecule has 2 atom stereocenters. The van der Waals surface area contributed by atoms with Crippen LogP contribution in [0.25, 0.3) is 6.08 Å². The first-order valence-electron chi connectivity index (χ1n) is 16.9. The molecule has 1 fully saturated rings. The van der Waals surface area contributed by atoms with Gasteiger partial charge < -0.3 is 24.4 Å². The fourth-order valence-corrected chi connectivity index (χ4v) is 6.99. The predicted molar refractivity (Wildman–Crippen MR) is 199 cm³/mol. The number of anilines is 1. The van der Waals surface area contributed by atoms with Gasteiger partial charge in [0.25, 0.3) is 20.2 Å². The summed E-state index contributed by atoms with van der Waals surface area (Å²) in [6.45, 7) is 3.25. The second kappa shape index (κ2) is 18.2. The molecule has 2 amide bonds. The minimum absolute atomic E-state index is 0.00297. The first kappa shape index (κ1) is 39.9. The number of carbonyl (C=O) groups is 2. The number of nitrogens with zero attached hydrogens (tertiary/aromatic N) is 1. The summed E-state index contributed by atoms with van der Waals surface area (Å²) in [5, 5.41) is 3.55. The third kappa shape index (κ3) is 11.9. The maximum Gasteiger partial charge on any atom is 0.313 e. The summed E-state index contributed by atoms with van der Waals surface area (Å²) in [5.41, 5.74) is 1.66. The van der Waals surface area contributed by atoms with Crippen LogP contribution in [0.15, 0.2) is 102 Å². The molecule has 0 spiro atoms. The van der Waals surface area contributed by atoms with Crippen molar-refractivity contribution in [2.24, 2.45) is 0 Å². The lowest BCUT2D eigenvalue weighted by Gasteiger charge is -2.21. The molecule has 0 radical (unpaired) electrons. The van der Waals surface area contributed by atoms with E-state index < -0.39 is 50.1 Å². The average Bonchev–Trinajstić information content (AvgIpc) is 3.54. The lowest BCUT2D eigenvalue weighted by molar-refractivity contribution is -0.142. The molecular formula is C38H39FN2O11S2. The van der Waals surface area contributed by atoms with E-state index in [-0.39, 0.29) is 38.5 Å².